The Balaban J connectivity index is 1.93. The van der Waals surface area contributed by atoms with Crippen LogP contribution < -0.4 is 16.3 Å². The number of benzene rings is 2. The lowest BCUT2D eigenvalue weighted by Crippen LogP contribution is -2.12. The van der Waals surface area contributed by atoms with Gasteiger partial charge in [-0.25, -0.2) is 4.98 Å². The summed E-state index contributed by atoms with van der Waals surface area (Å²) in [5, 5.41) is 5.58. The van der Waals surface area contributed by atoms with E-state index in [1.807, 2.05) is 30.3 Å². The largest absolute Gasteiger partial charge is 0.363 e. The van der Waals surface area contributed by atoms with Crippen LogP contribution in [-0.4, -0.2) is 17.8 Å². The molecule has 0 spiro atoms. The molecule has 0 fully saturated rings. The average Bonchev–Trinajstić information content (AvgIpc) is 2.63. The zero-order valence-electron chi connectivity index (χ0n) is 13.8. The molecule has 2 aromatic carbocycles. The molecule has 0 saturated carbocycles. The van der Waals surface area contributed by atoms with Gasteiger partial charge in [0.2, 0.25) is 0 Å². The van der Waals surface area contributed by atoms with Crippen molar-refractivity contribution < 1.29 is 0 Å². The summed E-state index contributed by atoms with van der Waals surface area (Å²) < 4.78 is 0. The van der Waals surface area contributed by atoms with Crippen molar-refractivity contribution in [3.8, 4) is 0 Å². The molecule has 120 valence electrons. The maximum absolute atomic E-state index is 12.5. The molecule has 2 heterocycles. The monoisotopic (exact) mass is 325 g/mol. The number of aromatic amines is 1. The molecule has 1 atom stereocenters. The quantitative estimate of drug-likeness (QED) is 0.450. The van der Waals surface area contributed by atoms with Crippen LogP contribution in [0.5, 0.6) is 0 Å². The third kappa shape index (κ3) is 2.78. The molecule has 0 bridgehead atoms. The van der Waals surface area contributed by atoms with Crippen LogP contribution in [0.3, 0.4) is 0 Å². The number of hydrogen-bond donors (Lipinski definition) is 2. The van der Waals surface area contributed by atoms with Gasteiger partial charge < -0.3 is 10.3 Å². The summed E-state index contributed by atoms with van der Waals surface area (Å²) in [5.41, 5.74) is 2.35. The first-order chi connectivity index (χ1) is 12.1. The Hall–Kier alpha value is -3.08. The minimum Gasteiger partial charge on any atom is -0.363 e. The van der Waals surface area contributed by atoms with Crippen molar-refractivity contribution in [2.45, 2.75) is 13.0 Å². The summed E-state index contributed by atoms with van der Waals surface area (Å²) in [6, 6.07) is 17.5. The Morgan fingerprint density at radius 1 is 1.08 bits per heavy atom. The average molecular weight is 325 g/mol. The number of nitrogens with one attached hydrogen (secondary N) is 2. The molecule has 2 radical (unpaired) electrons. The number of aromatic nitrogens is 2. The lowest BCUT2D eigenvalue weighted by molar-refractivity contribution is 0.879. The van der Waals surface area contributed by atoms with Crippen molar-refractivity contribution in [1.29, 1.82) is 0 Å². The molecule has 0 unspecified atom stereocenters. The van der Waals surface area contributed by atoms with Crippen LogP contribution in [0.15, 0.2) is 65.6 Å². The van der Waals surface area contributed by atoms with Gasteiger partial charge >= 0.3 is 0 Å². The van der Waals surface area contributed by atoms with Gasteiger partial charge in [0.25, 0.3) is 5.56 Å². The molecule has 0 aliphatic heterocycles. The Morgan fingerprint density at radius 3 is 2.68 bits per heavy atom. The minimum absolute atomic E-state index is 0.0578. The van der Waals surface area contributed by atoms with Crippen LogP contribution in [0.2, 0.25) is 0 Å². The standard InChI is InChI=1S/C20H16BN3O/c1-12(13-5-3-2-4-6-13)23-19-15-9-10-22-20(25)18(15)16-11-14(21)7-8-17(16)24-19/h2-12H,1H3,(H,22,25)(H,23,24)/t12-/m0/s1. The number of pyridine rings is 2. The lowest BCUT2D eigenvalue weighted by atomic mass is 9.93. The number of nitrogens with zero attached hydrogens (tertiary/aromatic N) is 1. The van der Waals surface area contributed by atoms with Crippen molar-refractivity contribution in [2.75, 3.05) is 5.32 Å². The lowest BCUT2D eigenvalue weighted by Gasteiger charge is -2.17. The third-order valence-corrected chi connectivity index (χ3v) is 4.39. The van der Waals surface area contributed by atoms with E-state index >= 15 is 0 Å². The van der Waals surface area contributed by atoms with Crippen LogP contribution in [0.1, 0.15) is 18.5 Å². The molecule has 25 heavy (non-hydrogen) atoms. The summed E-state index contributed by atoms with van der Waals surface area (Å²) in [7, 11) is 5.90. The van der Waals surface area contributed by atoms with Crippen LogP contribution in [0.25, 0.3) is 21.7 Å². The number of anilines is 1. The Kier molecular flexibility index (Phi) is 3.77. The van der Waals surface area contributed by atoms with Crippen molar-refractivity contribution in [3.05, 3.63) is 76.7 Å². The number of hydrogen-bond acceptors (Lipinski definition) is 3. The van der Waals surface area contributed by atoms with Crippen LogP contribution in [0, 0.1) is 0 Å². The first-order valence-corrected chi connectivity index (χ1v) is 8.15. The van der Waals surface area contributed by atoms with Gasteiger partial charge in [-0.1, -0.05) is 47.9 Å². The van der Waals surface area contributed by atoms with E-state index in [2.05, 4.69) is 29.4 Å². The third-order valence-electron chi connectivity index (χ3n) is 4.39. The summed E-state index contributed by atoms with van der Waals surface area (Å²) in [5.74, 6) is 0.690. The predicted octanol–water partition coefficient (Wildman–Crippen LogP) is 3.04. The highest BCUT2D eigenvalue weighted by Gasteiger charge is 2.13. The SMILES string of the molecule is [B]c1ccc2nc(N[C@@H](C)c3ccccc3)c3cc[nH]c(=O)c3c2c1. The summed E-state index contributed by atoms with van der Waals surface area (Å²) in [4.78, 5) is 19.9. The molecule has 0 amide bonds. The zero-order chi connectivity index (χ0) is 17.4. The summed E-state index contributed by atoms with van der Waals surface area (Å²) in [6.07, 6.45) is 1.64. The van der Waals surface area contributed by atoms with E-state index < -0.39 is 0 Å². The highest BCUT2D eigenvalue weighted by molar-refractivity contribution is 6.33. The van der Waals surface area contributed by atoms with E-state index in [-0.39, 0.29) is 11.6 Å². The fraction of sp³-hybridized carbons (Fsp3) is 0.100. The van der Waals surface area contributed by atoms with E-state index in [1.54, 1.807) is 18.3 Å². The summed E-state index contributed by atoms with van der Waals surface area (Å²) in [6.45, 7) is 2.07. The number of rotatable bonds is 3. The van der Waals surface area contributed by atoms with Crippen LogP contribution in [-0.2, 0) is 0 Å². The molecular formula is C20H16BN3O. The molecule has 4 nitrogen and oxygen atoms in total. The summed E-state index contributed by atoms with van der Waals surface area (Å²) >= 11 is 0. The first kappa shape index (κ1) is 15.5. The van der Waals surface area contributed by atoms with E-state index in [4.69, 9.17) is 12.8 Å². The van der Waals surface area contributed by atoms with E-state index in [0.29, 0.717) is 16.7 Å². The Bertz CT molecular complexity index is 1120. The Morgan fingerprint density at radius 2 is 1.88 bits per heavy atom. The van der Waals surface area contributed by atoms with Crippen molar-refractivity contribution in [3.63, 3.8) is 0 Å². The normalized spacial score (nSPS) is 12.4. The van der Waals surface area contributed by atoms with Gasteiger partial charge in [-0.3, -0.25) is 4.79 Å². The van der Waals surface area contributed by atoms with E-state index in [0.717, 1.165) is 21.9 Å². The van der Waals surface area contributed by atoms with E-state index in [9.17, 15) is 4.79 Å². The smallest absolute Gasteiger partial charge is 0.256 e. The van der Waals surface area contributed by atoms with Gasteiger partial charge in [-0.15, -0.1) is 0 Å². The van der Waals surface area contributed by atoms with Gasteiger partial charge in [0.15, 0.2) is 0 Å². The predicted molar refractivity (Wildman–Crippen MR) is 104 cm³/mol. The van der Waals surface area contributed by atoms with Gasteiger partial charge in [0, 0.05) is 23.0 Å². The molecule has 4 aromatic rings. The van der Waals surface area contributed by atoms with Crippen LogP contribution >= 0.6 is 0 Å². The van der Waals surface area contributed by atoms with Crippen LogP contribution in [0.4, 0.5) is 5.82 Å². The molecular weight excluding hydrogens is 309 g/mol. The maximum Gasteiger partial charge on any atom is 0.256 e. The highest BCUT2D eigenvalue weighted by Crippen LogP contribution is 2.28. The number of H-pyrrole nitrogens is 1. The molecule has 2 N–H and O–H groups in total. The molecule has 5 heteroatoms. The molecule has 0 aliphatic carbocycles. The van der Waals surface area contributed by atoms with Gasteiger partial charge in [0.1, 0.15) is 13.7 Å². The highest BCUT2D eigenvalue weighted by atomic mass is 16.1. The fourth-order valence-corrected chi connectivity index (χ4v) is 3.12. The number of fused-ring (bicyclic) bond motifs is 3. The molecule has 2 aromatic heterocycles. The molecule has 0 saturated heterocycles. The first-order valence-electron chi connectivity index (χ1n) is 8.15. The second kappa shape index (κ2) is 6.09. The molecule has 4 rings (SSSR count). The van der Waals surface area contributed by atoms with Gasteiger partial charge in [-0.05, 0) is 24.6 Å². The van der Waals surface area contributed by atoms with Crippen molar-refractivity contribution in [1.82, 2.24) is 9.97 Å². The topological polar surface area (TPSA) is 57.8 Å². The maximum atomic E-state index is 12.5. The zero-order valence-corrected chi connectivity index (χ0v) is 13.8. The Labute approximate surface area is 146 Å². The second-order valence-electron chi connectivity index (χ2n) is 6.11. The second-order valence-corrected chi connectivity index (χ2v) is 6.11. The minimum atomic E-state index is -0.147. The van der Waals surface area contributed by atoms with Gasteiger partial charge in [0.05, 0.1) is 10.9 Å². The van der Waals surface area contributed by atoms with Crippen molar-refractivity contribution in [2.24, 2.45) is 0 Å². The fourth-order valence-electron chi connectivity index (χ4n) is 3.12. The van der Waals surface area contributed by atoms with Gasteiger partial charge in [-0.2, -0.15) is 0 Å². The van der Waals surface area contributed by atoms with Crippen molar-refractivity contribution >= 4 is 40.8 Å². The molecule has 0 aliphatic rings. The van der Waals surface area contributed by atoms with E-state index in [1.165, 1.54) is 0 Å².